The molecule has 9 heavy (non-hydrogen) atoms. The highest BCUT2D eigenvalue weighted by Crippen LogP contribution is 1.59. The van der Waals surface area contributed by atoms with Crippen molar-refractivity contribution < 1.29 is 17.5 Å². The molecule has 0 aromatic rings. The van der Waals surface area contributed by atoms with Crippen LogP contribution in [0.5, 0.6) is 0 Å². The summed E-state index contributed by atoms with van der Waals surface area (Å²) in [6.07, 6.45) is 0. The first-order chi connectivity index (χ1) is 4.00. The van der Waals surface area contributed by atoms with Gasteiger partial charge < -0.3 is 0 Å². The molecular formula is C4H10O4S. The Hall–Kier alpha value is -0.650. The highest BCUT2D eigenvalue weighted by molar-refractivity contribution is 7.79. The van der Waals surface area contributed by atoms with E-state index in [0.717, 1.165) is 0 Å². The Morgan fingerprint density at radius 3 is 0.889 bits per heavy atom. The second kappa shape index (κ2) is 10.4. The topological polar surface area (TPSA) is 74.6 Å². The summed E-state index contributed by atoms with van der Waals surface area (Å²) in [5, 5.41) is 0. The second-order valence-corrected chi connectivity index (χ2v) is 1.34. The van der Waals surface area contributed by atoms with Crippen molar-refractivity contribution in [3.05, 3.63) is 26.3 Å². The fourth-order valence-corrected chi connectivity index (χ4v) is 0. The lowest BCUT2D eigenvalue weighted by Crippen LogP contribution is -1.89. The average molecular weight is 154 g/mol. The fourth-order valence-electron chi connectivity index (χ4n) is 0. The molecule has 0 saturated heterocycles. The van der Waals surface area contributed by atoms with E-state index in [1.54, 1.807) is 0 Å². The van der Waals surface area contributed by atoms with Gasteiger partial charge in [-0.25, -0.2) is 0 Å². The minimum atomic E-state index is -4.67. The van der Waals surface area contributed by atoms with Gasteiger partial charge in [-0.2, -0.15) is 8.42 Å². The first-order valence-electron chi connectivity index (χ1n) is 1.70. The summed E-state index contributed by atoms with van der Waals surface area (Å²) in [5.41, 5.74) is 0. The van der Waals surface area contributed by atoms with E-state index < -0.39 is 10.4 Å². The molecule has 0 heterocycles. The van der Waals surface area contributed by atoms with Crippen LogP contribution in [0.2, 0.25) is 0 Å². The monoisotopic (exact) mass is 154 g/mol. The Bertz CT molecular complexity index is 116. The molecule has 0 amide bonds. The van der Waals surface area contributed by atoms with Crippen LogP contribution in [0.25, 0.3) is 0 Å². The summed E-state index contributed by atoms with van der Waals surface area (Å²) in [6, 6.07) is 0. The van der Waals surface area contributed by atoms with Crippen LogP contribution in [0.15, 0.2) is 26.3 Å². The van der Waals surface area contributed by atoms with E-state index in [4.69, 9.17) is 17.5 Å². The molecule has 0 aromatic heterocycles. The molecule has 0 aliphatic carbocycles. The fraction of sp³-hybridized carbons (Fsp3) is 0. The van der Waals surface area contributed by atoms with Crippen LogP contribution in [0.3, 0.4) is 0 Å². The summed E-state index contributed by atoms with van der Waals surface area (Å²) in [7, 11) is -4.67. The van der Waals surface area contributed by atoms with Crippen LogP contribution >= 0.6 is 0 Å². The molecule has 4 nitrogen and oxygen atoms in total. The summed E-state index contributed by atoms with van der Waals surface area (Å²) in [5.74, 6) is 0. The molecule has 0 radical (unpaired) electrons. The predicted octanol–water partition coefficient (Wildman–Crippen LogP) is 0.952. The van der Waals surface area contributed by atoms with E-state index in [0.29, 0.717) is 0 Å². The van der Waals surface area contributed by atoms with E-state index in [-0.39, 0.29) is 0 Å². The average Bonchev–Trinajstić information content (AvgIpc) is 1.72. The summed E-state index contributed by atoms with van der Waals surface area (Å²) >= 11 is 0. The van der Waals surface area contributed by atoms with Gasteiger partial charge in [-0.05, 0) is 0 Å². The Labute approximate surface area is 55.1 Å². The maximum absolute atomic E-state index is 8.74. The van der Waals surface area contributed by atoms with Crippen LogP contribution in [-0.4, -0.2) is 17.5 Å². The molecule has 0 spiro atoms. The van der Waals surface area contributed by atoms with Crippen molar-refractivity contribution >= 4 is 10.4 Å². The lowest BCUT2D eigenvalue weighted by atomic mass is 11.3. The summed E-state index contributed by atoms with van der Waals surface area (Å²) in [4.78, 5) is 0. The second-order valence-electron chi connectivity index (χ2n) is 0.448. The van der Waals surface area contributed by atoms with Crippen LogP contribution in [-0.2, 0) is 10.4 Å². The predicted molar refractivity (Wildman–Crippen MR) is 36.7 cm³/mol. The quantitative estimate of drug-likeness (QED) is 0.402. The minimum absolute atomic E-state index is 3.00. The molecule has 0 rings (SSSR count). The van der Waals surface area contributed by atoms with Gasteiger partial charge in [0.2, 0.25) is 0 Å². The lowest BCUT2D eigenvalue weighted by Gasteiger charge is -1.68. The molecule has 56 valence electrons. The summed E-state index contributed by atoms with van der Waals surface area (Å²) in [6.45, 7) is 12.0. The molecular weight excluding hydrogens is 144 g/mol. The van der Waals surface area contributed by atoms with Crippen LogP contribution in [0.1, 0.15) is 0 Å². The van der Waals surface area contributed by atoms with Gasteiger partial charge in [0.1, 0.15) is 0 Å². The molecule has 0 saturated carbocycles. The van der Waals surface area contributed by atoms with Crippen LogP contribution < -0.4 is 0 Å². The van der Waals surface area contributed by atoms with Crippen molar-refractivity contribution in [2.45, 2.75) is 0 Å². The zero-order valence-corrected chi connectivity index (χ0v) is 5.76. The number of hydrogen-bond acceptors (Lipinski definition) is 2. The molecule has 5 heteroatoms. The first-order valence-corrected chi connectivity index (χ1v) is 3.10. The highest BCUT2D eigenvalue weighted by atomic mass is 32.3. The third kappa shape index (κ3) is 498. The molecule has 0 aromatic carbocycles. The molecule has 2 N–H and O–H groups in total. The van der Waals surface area contributed by atoms with Gasteiger partial charge in [0.15, 0.2) is 0 Å². The molecule has 0 aliphatic heterocycles. The van der Waals surface area contributed by atoms with Crippen molar-refractivity contribution in [2.75, 3.05) is 0 Å². The normalized spacial score (nSPS) is 7.33. The minimum Gasteiger partial charge on any atom is -0.264 e. The number of rotatable bonds is 0. The van der Waals surface area contributed by atoms with E-state index in [1.165, 1.54) is 0 Å². The standard InChI is InChI=1S/2C2H4.H2O4S/c2*1-2;1-5(2,3)4/h2*1-2H2;(H2,1,2,3,4). The highest BCUT2D eigenvalue weighted by Gasteiger charge is 1.84. The van der Waals surface area contributed by atoms with Crippen LogP contribution in [0, 0.1) is 0 Å². The van der Waals surface area contributed by atoms with Gasteiger partial charge >= 0.3 is 10.4 Å². The Kier molecular flexibility index (Phi) is 18.1. The van der Waals surface area contributed by atoms with Crippen LogP contribution in [0.4, 0.5) is 0 Å². The summed E-state index contributed by atoms with van der Waals surface area (Å²) < 4.78 is 31.6. The van der Waals surface area contributed by atoms with Gasteiger partial charge in [0.05, 0.1) is 0 Å². The Morgan fingerprint density at radius 1 is 0.889 bits per heavy atom. The Balaban J connectivity index is -0.0000000771. The maximum Gasteiger partial charge on any atom is 0.394 e. The van der Waals surface area contributed by atoms with Gasteiger partial charge in [0, 0.05) is 0 Å². The molecule has 0 atom stereocenters. The van der Waals surface area contributed by atoms with Gasteiger partial charge in [-0.3, -0.25) is 9.11 Å². The molecule has 0 aliphatic rings. The maximum atomic E-state index is 8.74. The van der Waals surface area contributed by atoms with Crippen molar-refractivity contribution in [1.29, 1.82) is 0 Å². The van der Waals surface area contributed by atoms with Crippen molar-refractivity contribution in [2.24, 2.45) is 0 Å². The van der Waals surface area contributed by atoms with E-state index in [9.17, 15) is 0 Å². The molecule has 0 bridgehead atoms. The first kappa shape index (κ1) is 15.8. The van der Waals surface area contributed by atoms with E-state index in [1.807, 2.05) is 0 Å². The lowest BCUT2D eigenvalue weighted by molar-refractivity contribution is 0.381. The van der Waals surface area contributed by atoms with E-state index >= 15 is 0 Å². The third-order valence-corrected chi connectivity index (χ3v) is 0. The largest absolute Gasteiger partial charge is 0.394 e. The molecule has 0 unspecified atom stereocenters. The zero-order valence-electron chi connectivity index (χ0n) is 4.95. The smallest absolute Gasteiger partial charge is 0.264 e. The van der Waals surface area contributed by atoms with Gasteiger partial charge in [-0.15, -0.1) is 26.3 Å². The molecule has 0 fully saturated rings. The zero-order chi connectivity index (χ0) is 8.50. The van der Waals surface area contributed by atoms with Crippen molar-refractivity contribution in [1.82, 2.24) is 0 Å². The van der Waals surface area contributed by atoms with Crippen molar-refractivity contribution in [3.8, 4) is 0 Å². The van der Waals surface area contributed by atoms with Gasteiger partial charge in [0.25, 0.3) is 0 Å². The Morgan fingerprint density at radius 2 is 0.889 bits per heavy atom. The SMILES string of the molecule is C=C.C=C.O=S(=O)(O)O. The van der Waals surface area contributed by atoms with Gasteiger partial charge in [-0.1, -0.05) is 0 Å². The number of hydrogen-bond donors (Lipinski definition) is 2. The third-order valence-electron chi connectivity index (χ3n) is 0. The van der Waals surface area contributed by atoms with Crippen molar-refractivity contribution in [3.63, 3.8) is 0 Å². The van der Waals surface area contributed by atoms with E-state index in [2.05, 4.69) is 26.3 Å².